The molecular weight excluding hydrogens is 398 g/mol. The monoisotopic (exact) mass is 415 g/mol. The summed E-state index contributed by atoms with van der Waals surface area (Å²) in [6.45, 7) is 6.44. The number of nitro benzene ring substituents is 1. The molecule has 0 saturated heterocycles. The number of halogens is 1. The molecule has 0 amide bonds. The Bertz CT molecular complexity index is 1110. The number of nitrogens with one attached hydrogen (secondary N) is 1. The van der Waals surface area contributed by atoms with E-state index in [0.29, 0.717) is 16.2 Å². The topological polar surface area (TPSA) is 89.1 Å². The number of benzene rings is 2. The van der Waals surface area contributed by atoms with Crippen molar-refractivity contribution in [3.63, 3.8) is 0 Å². The first-order chi connectivity index (χ1) is 13.2. The molecule has 3 aromatic rings. The summed E-state index contributed by atoms with van der Waals surface area (Å²) in [4.78, 5) is 10.5. The molecule has 0 bridgehead atoms. The summed E-state index contributed by atoms with van der Waals surface area (Å²) in [7, 11) is 0. The molecule has 0 aliphatic heterocycles. The second-order valence-corrected chi connectivity index (χ2v) is 8.00. The van der Waals surface area contributed by atoms with Crippen molar-refractivity contribution in [1.29, 1.82) is 0 Å². The zero-order valence-electron chi connectivity index (χ0n) is 15.5. The van der Waals surface area contributed by atoms with Crippen LogP contribution in [-0.4, -0.2) is 26.0 Å². The van der Waals surface area contributed by atoms with Gasteiger partial charge in [-0.25, -0.2) is 5.10 Å². The van der Waals surface area contributed by atoms with Gasteiger partial charge < -0.3 is 0 Å². The third-order valence-corrected chi connectivity index (χ3v) is 4.73. The summed E-state index contributed by atoms with van der Waals surface area (Å²) in [5.41, 5.74) is 2.44. The molecule has 28 heavy (non-hydrogen) atoms. The smallest absolute Gasteiger partial charge is 0.258 e. The van der Waals surface area contributed by atoms with Crippen LogP contribution in [-0.2, 0) is 5.41 Å². The van der Waals surface area contributed by atoms with Gasteiger partial charge in [-0.1, -0.05) is 62.7 Å². The average molecular weight is 416 g/mol. The number of aromatic nitrogens is 3. The van der Waals surface area contributed by atoms with E-state index in [1.807, 2.05) is 24.3 Å². The molecule has 0 radical (unpaired) electrons. The highest BCUT2D eigenvalue weighted by molar-refractivity contribution is 7.71. The van der Waals surface area contributed by atoms with Gasteiger partial charge in [0.1, 0.15) is 5.02 Å². The summed E-state index contributed by atoms with van der Waals surface area (Å²) >= 11 is 11.1. The minimum atomic E-state index is -0.536. The van der Waals surface area contributed by atoms with Gasteiger partial charge in [0.05, 0.1) is 11.1 Å². The zero-order chi connectivity index (χ0) is 20.5. The molecule has 0 saturated carbocycles. The summed E-state index contributed by atoms with van der Waals surface area (Å²) in [6.07, 6.45) is 1.47. The van der Waals surface area contributed by atoms with Crippen molar-refractivity contribution in [2.24, 2.45) is 5.10 Å². The Balaban J connectivity index is 1.96. The molecule has 0 aliphatic carbocycles. The lowest BCUT2D eigenvalue weighted by Crippen LogP contribution is -2.10. The van der Waals surface area contributed by atoms with Gasteiger partial charge in [0.25, 0.3) is 5.69 Å². The Hall–Kier alpha value is -2.84. The normalized spacial score (nSPS) is 11.9. The van der Waals surface area contributed by atoms with Gasteiger partial charge in [0.15, 0.2) is 5.82 Å². The minimum absolute atomic E-state index is 0.0463. The van der Waals surface area contributed by atoms with Gasteiger partial charge in [0.2, 0.25) is 4.77 Å². The molecule has 9 heteroatoms. The lowest BCUT2D eigenvalue weighted by molar-refractivity contribution is -0.384. The maximum absolute atomic E-state index is 11.0. The van der Waals surface area contributed by atoms with Gasteiger partial charge in [-0.3, -0.25) is 10.1 Å². The fourth-order valence-electron chi connectivity index (χ4n) is 2.58. The highest BCUT2D eigenvalue weighted by Crippen LogP contribution is 2.26. The van der Waals surface area contributed by atoms with Gasteiger partial charge in [0, 0.05) is 17.2 Å². The molecular formula is C19H18ClN5O2S. The van der Waals surface area contributed by atoms with E-state index in [-0.39, 0.29) is 16.1 Å². The second-order valence-electron chi connectivity index (χ2n) is 7.20. The van der Waals surface area contributed by atoms with Gasteiger partial charge in [-0.05, 0) is 29.3 Å². The van der Waals surface area contributed by atoms with Crippen LogP contribution in [0.4, 0.5) is 5.69 Å². The lowest BCUT2D eigenvalue weighted by atomic mass is 9.87. The number of nitrogens with zero attached hydrogens (tertiary/aromatic N) is 4. The third-order valence-electron chi connectivity index (χ3n) is 4.15. The van der Waals surface area contributed by atoms with Crippen LogP contribution in [0.15, 0.2) is 47.6 Å². The maximum atomic E-state index is 11.0. The number of nitro groups is 1. The van der Waals surface area contributed by atoms with Crippen LogP contribution in [0.5, 0.6) is 0 Å². The van der Waals surface area contributed by atoms with Crippen molar-refractivity contribution in [2.75, 3.05) is 0 Å². The van der Waals surface area contributed by atoms with E-state index in [0.717, 1.165) is 5.56 Å². The summed E-state index contributed by atoms with van der Waals surface area (Å²) in [6, 6.07) is 12.5. The van der Waals surface area contributed by atoms with E-state index in [1.165, 1.54) is 28.6 Å². The molecule has 144 valence electrons. The largest absolute Gasteiger partial charge is 0.288 e. The quantitative estimate of drug-likeness (QED) is 0.269. The molecule has 1 aromatic heterocycles. The predicted octanol–water partition coefficient (Wildman–Crippen LogP) is 5.35. The van der Waals surface area contributed by atoms with Crippen molar-refractivity contribution in [1.82, 2.24) is 14.9 Å². The Morgan fingerprint density at radius 3 is 2.54 bits per heavy atom. The molecule has 1 N–H and O–H groups in total. The second kappa shape index (κ2) is 7.65. The van der Waals surface area contributed by atoms with Gasteiger partial charge >= 0.3 is 0 Å². The van der Waals surface area contributed by atoms with E-state index in [1.54, 1.807) is 6.07 Å². The van der Waals surface area contributed by atoms with Crippen LogP contribution in [0.1, 0.15) is 31.9 Å². The van der Waals surface area contributed by atoms with Crippen molar-refractivity contribution >= 4 is 35.7 Å². The number of rotatable bonds is 4. The number of hydrogen-bond donors (Lipinski definition) is 1. The van der Waals surface area contributed by atoms with E-state index in [4.69, 9.17) is 23.8 Å². The molecule has 0 spiro atoms. The summed E-state index contributed by atoms with van der Waals surface area (Å²) in [5, 5.41) is 22.4. The highest BCUT2D eigenvalue weighted by Gasteiger charge is 2.15. The van der Waals surface area contributed by atoms with Crippen LogP contribution >= 0.6 is 23.8 Å². The van der Waals surface area contributed by atoms with Crippen molar-refractivity contribution in [2.45, 2.75) is 26.2 Å². The molecule has 0 fully saturated rings. The summed E-state index contributed by atoms with van der Waals surface area (Å²) < 4.78 is 1.79. The van der Waals surface area contributed by atoms with Crippen LogP contribution < -0.4 is 0 Å². The number of aromatic amines is 1. The first-order valence-corrected chi connectivity index (χ1v) is 9.22. The Morgan fingerprint density at radius 1 is 1.25 bits per heavy atom. The van der Waals surface area contributed by atoms with Crippen molar-refractivity contribution < 1.29 is 4.92 Å². The Labute approximate surface area is 171 Å². The predicted molar refractivity (Wildman–Crippen MR) is 113 cm³/mol. The SMILES string of the molecule is CC(C)(C)c1ccc(-c2n[nH]c(=S)n2/N=C/c2ccc(Cl)c([N+](=O)[O-])c2)cc1. The van der Waals surface area contributed by atoms with Gasteiger partial charge in [-0.15, -0.1) is 0 Å². The van der Waals surface area contributed by atoms with Crippen molar-refractivity contribution in [3.8, 4) is 11.4 Å². The van der Waals surface area contributed by atoms with E-state index < -0.39 is 4.92 Å². The number of hydrogen-bond acceptors (Lipinski definition) is 5. The summed E-state index contributed by atoms with van der Waals surface area (Å²) in [5.74, 6) is 0.546. The standard InChI is InChI=1S/C19H18ClN5O2S/c1-19(2,3)14-7-5-13(6-8-14)17-22-23-18(28)24(17)21-11-12-4-9-15(20)16(10-12)25(26)27/h4-11H,1-3H3,(H,23,28)/b21-11+. The number of H-pyrrole nitrogens is 1. The van der Waals surface area contributed by atoms with Crippen LogP contribution in [0.2, 0.25) is 5.02 Å². The highest BCUT2D eigenvalue weighted by atomic mass is 35.5. The maximum Gasteiger partial charge on any atom is 0.288 e. The third kappa shape index (κ3) is 4.18. The lowest BCUT2D eigenvalue weighted by Gasteiger charge is -2.18. The molecule has 0 aliphatic rings. The first kappa shape index (κ1) is 19.9. The Kier molecular flexibility index (Phi) is 5.44. The van der Waals surface area contributed by atoms with Gasteiger partial charge in [-0.2, -0.15) is 14.9 Å². The van der Waals surface area contributed by atoms with E-state index in [2.05, 4.69) is 36.1 Å². The molecule has 7 nitrogen and oxygen atoms in total. The zero-order valence-corrected chi connectivity index (χ0v) is 17.1. The molecule has 0 atom stereocenters. The van der Waals surface area contributed by atoms with E-state index in [9.17, 15) is 10.1 Å². The fraction of sp³-hybridized carbons (Fsp3) is 0.211. The van der Waals surface area contributed by atoms with Crippen LogP contribution in [0.25, 0.3) is 11.4 Å². The molecule has 3 rings (SSSR count). The molecule has 2 aromatic carbocycles. The molecule has 1 heterocycles. The van der Waals surface area contributed by atoms with Crippen molar-refractivity contribution in [3.05, 3.63) is 73.5 Å². The minimum Gasteiger partial charge on any atom is -0.258 e. The van der Waals surface area contributed by atoms with E-state index >= 15 is 0 Å². The van der Waals surface area contributed by atoms with Crippen LogP contribution in [0, 0.1) is 14.9 Å². The van der Waals surface area contributed by atoms with Crippen LogP contribution in [0.3, 0.4) is 0 Å². The molecule has 0 unspecified atom stereocenters. The average Bonchev–Trinajstić information content (AvgIpc) is 3.01. The fourth-order valence-corrected chi connectivity index (χ4v) is 2.95. The Morgan fingerprint density at radius 2 is 1.93 bits per heavy atom. The first-order valence-electron chi connectivity index (χ1n) is 8.43.